The van der Waals surface area contributed by atoms with Gasteiger partial charge in [0.1, 0.15) is 0 Å². The number of fused-ring (bicyclic) bond motifs is 1. The number of aliphatic hydroxyl groups is 1. The van der Waals surface area contributed by atoms with E-state index in [0.29, 0.717) is 30.8 Å². The van der Waals surface area contributed by atoms with Gasteiger partial charge in [-0.25, -0.2) is 0 Å². The molecule has 0 aromatic heterocycles. The van der Waals surface area contributed by atoms with E-state index in [1.807, 2.05) is 0 Å². The first-order valence-electron chi connectivity index (χ1n) is 7.47. The van der Waals surface area contributed by atoms with Crippen molar-refractivity contribution in [2.75, 3.05) is 32.8 Å². The third kappa shape index (κ3) is 3.49. The maximum Gasteiger partial charge on any atom is 0.261 e. The number of imide groups is 1. The molecule has 2 amide bonds. The molecular weight excluding hydrogens is 268 g/mol. The van der Waals surface area contributed by atoms with Gasteiger partial charge in [-0.1, -0.05) is 25.5 Å². The zero-order valence-corrected chi connectivity index (χ0v) is 12.4. The molecule has 1 aromatic rings. The van der Waals surface area contributed by atoms with Crippen LogP contribution in [0.15, 0.2) is 24.3 Å². The molecule has 5 heteroatoms. The maximum absolute atomic E-state index is 12.2. The normalized spacial score (nSPS) is 14.1. The van der Waals surface area contributed by atoms with E-state index in [9.17, 15) is 9.59 Å². The van der Waals surface area contributed by atoms with Gasteiger partial charge in [-0.2, -0.15) is 0 Å². The second-order valence-electron chi connectivity index (χ2n) is 5.23. The third-order valence-electron chi connectivity index (χ3n) is 3.76. The Hall–Kier alpha value is -1.72. The summed E-state index contributed by atoms with van der Waals surface area (Å²) in [5.41, 5.74) is 0.981. The Morgan fingerprint density at radius 1 is 1.05 bits per heavy atom. The Morgan fingerprint density at radius 3 is 2.19 bits per heavy atom. The van der Waals surface area contributed by atoms with Gasteiger partial charge < -0.3 is 5.11 Å². The summed E-state index contributed by atoms with van der Waals surface area (Å²) in [6, 6.07) is 6.93. The number of carbonyl (C=O) groups is 2. The van der Waals surface area contributed by atoms with E-state index in [1.54, 1.807) is 24.3 Å². The molecule has 0 spiro atoms. The van der Waals surface area contributed by atoms with Crippen molar-refractivity contribution in [1.29, 1.82) is 0 Å². The van der Waals surface area contributed by atoms with Crippen molar-refractivity contribution in [1.82, 2.24) is 9.80 Å². The predicted molar refractivity (Wildman–Crippen MR) is 80.2 cm³/mol. The number of benzene rings is 1. The first-order valence-corrected chi connectivity index (χ1v) is 7.47. The minimum Gasteiger partial charge on any atom is -0.395 e. The molecule has 1 heterocycles. The first kappa shape index (κ1) is 15.7. The second kappa shape index (κ2) is 7.33. The SMILES string of the molecule is CCCCN(CCO)CCN1C(=O)c2ccccc2C1=O. The summed E-state index contributed by atoms with van der Waals surface area (Å²) in [4.78, 5) is 27.9. The Balaban J connectivity index is 1.97. The monoisotopic (exact) mass is 290 g/mol. The zero-order chi connectivity index (χ0) is 15.2. The van der Waals surface area contributed by atoms with Crippen LogP contribution in [0, 0.1) is 0 Å². The zero-order valence-electron chi connectivity index (χ0n) is 12.4. The molecule has 0 fully saturated rings. The smallest absolute Gasteiger partial charge is 0.261 e. The van der Waals surface area contributed by atoms with Crippen LogP contribution in [-0.4, -0.2) is 59.5 Å². The van der Waals surface area contributed by atoms with Gasteiger partial charge in [0.15, 0.2) is 0 Å². The van der Waals surface area contributed by atoms with E-state index in [4.69, 9.17) is 5.11 Å². The minimum absolute atomic E-state index is 0.0891. The summed E-state index contributed by atoms with van der Waals surface area (Å²) in [5.74, 6) is -0.426. The van der Waals surface area contributed by atoms with Crippen LogP contribution >= 0.6 is 0 Å². The quantitative estimate of drug-likeness (QED) is 0.735. The number of carbonyl (C=O) groups excluding carboxylic acids is 2. The van der Waals surface area contributed by atoms with Gasteiger partial charge in [0.2, 0.25) is 0 Å². The molecule has 2 rings (SSSR count). The van der Waals surface area contributed by atoms with E-state index in [-0.39, 0.29) is 18.4 Å². The van der Waals surface area contributed by atoms with Crippen molar-refractivity contribution in [2.24, 2.45) is 0 Å². The van der Waals surface area contributed by atoms with Crippen molar-refractivity contribution in [3.05, 3.63) is 35.4 Å². The van der Waals surface area contributed by atoms with Gasteiger partial charge in [0.05, 0.1) is 17.7 Å². The Bertz CT molecular complexity index is 481. The van der Waals surface area contributed by atoms with Crippen molar-refractivity contribution in [3.63, 3.8) is 0 Å². The molecule has 0 unspecified atom stereocenters. The number of rotatable bonds is 8. The second-order valence-corrected chi connectivity index (χ2v) is 5.23. The number of nitrogens with zero attached hydrogens (tertiary/aromatic N) is 2. The average Bonchev–Trinajstić information content (AvgIpc) is 2.75. The highest BCUT2D eigenvalue weighted by atomic mass is 16.3. The fourth-order valence-corrected chi connectivity index (χ4v) is 2.54. The largest absolute Gasteiger partial charge is 0.395 e. The topological polar surface area (TPSA) is 60.9 Å². The van der Waals surface area contributed by atoms with Crippen LogP contribution in [0.5, 0.6) is 0 Å². The molecule has 0 atom stereocenters. The molecular formula is C16H22N2O3. The highest BCUT2D eigenvalue weighted by Crippen LogP contribution is 2.22. The number of unbranched alkanes of at least 4 members (excludes halogenated alkanes) is 1. The van der Waals surface area contributed by atoms with E-state index in [2.05, 4.69) is 11.8 Å². The van der Waals surface area contributed by atoms with E-state index < -0.39 is 0 Å². The lowest BCUT2D eigenvalue weighted by Gasteiger charge is -2.23. The molecule has 1 aliphatic rings. The van der Waals surface area contributed by atoms with Crippen LogP contribution in [0.3, 0.4) is 0 Å². The van der Waals surface area contributed by atoms with Crippen LogP contribution in [0.1, 0.15) is 40.5 Å². The number of hydrogen-bond acceptors (Lipinski definition) is 4. The first-order chi connectivity index (χ1) is 10.2. The Labute approximate surface area is 125 Å². The van der Waals surface area contributed by atoms with Crippen molar-refractivity contribution >= 4 is 11.8 Å². The van der Waals surface area contributed by atoms with Crippen molar-refractivity contribution in [2.45, 2.75) is 19.8 Å². The van der Waals surface area contributed by atoms with Crippen LogP contribution in [0.2, 0.25) is 0 Å². The molecule has 0 bridgehead atoms. The Kier molecular flexibility index (Phi) is 5.47. The van der Waals surface area contributed by atoms with Gasteiger partial charge >= 0.3 is 0 Å². The summed E-state index contributed by atoms with van der Waals surface area (Å²) < 4.78 is 0. The van der Waals surface area contributed by atoms with Gasteiger partial charge in [-0.05, 0) is 25.1 Å². The molecule has 114 valence electrons. The summed E-state index contributed by atoms with van der Waals surface area (Å²) in [6.45, 7) is 4.62. The van der Waals surface area contributed by atoms with E-state index in [0.717, 1.165) is 19.4 Å². The molecule has 1 aliphatic heterocycles. The van der Waals surface area contributed by atoms with Crippen molar-refractivity contribution in [3.8, 4) is 0 Å². The van der Waals surface area contributed by atoms with E-state index >= 15 is 0 Å². The molecule has 21 heavy (non-hydrogen) atoms. The number of aliphatic hydroxyl groups excluding tert-OH is 1. The number of amides is 2. The van der Waals surface area contributed by atoms with E-state index in [1.165, 1.54) is 4.90 Å². The van der Waals surface area contributed by atoms with Crippen LogP contribution in [0.25, 0.3) is 0 Å². The lowest BCUT2D eigenvalue weighted by atomic mass is 10.1. The summed E-state index contributed by atoms with van der Waals surface area (Å²) in [7, 11) is 0. The molecule has 1 N–H and O–H groups in total. The predicted octanol–water partition coefficient (Wildman–Crippen LogP) is 1.38. The van der Waals surface area contributed by atoms with Crippen LogP contribution in [-0.2, 0) is 0 Å². The minimum atomic E-state index is -0.213. The number of hydrogen-bond donors (Lipinski definition) is 1. The fraction of sp³-hybridized carbons (Fsp3) is 0.500. The molecule has 5 nitrogen and oxygen atoms in total. The highest BCUT2D eigenvalue weighted by Gasteiger charge is 2.34. The van der Waals surface area contributed by atoms with Crippen LogP contribution in [0.4, 0.5) is 0 Å². The molecule has 0 aliphatic carbocycles. The van der Waals surface area contributed by atoms with Gasteiger partial charge in [-0.15, -0.1) is 0 Å². The van der Waals surface area contributed by atoms with Gasteiger partial charge in [0, 0.05) is 19.6 Å². The summed E-state index contributed by atoms with van der Waals surface area (Å²) in [6.07, 6.45) is 2.12. The van der Waals surface area contributed by atoms with Crippen LogP contribution < -0.4 is 0 Å². The maximum atomic E-state index is 12.2. The molecule has 1 aromatic carbocycles. The highest BCUT2D eigenvalue weighted by molar-refractivity contribution is 6.21. The lowest BCUT2D eigenvalue weighted by molar-refractivity contribution is 0.0632. The molecule has 0 saturated heterocycles. The third-order valence-corrected chi connectivity index (χ3v) is 3.76. The standard InChI is InChI=1S/C16H22N2O3/c1-2-3-8-17(11-12-19)9-10-18-15(20)13-6-4-5-7-14(13)16(18)21/h4-7,19H,2-3,8-12H2,1H3. The molecule has 0 saturated carbocycles. The van der Waals surface area contributed by atoms with Gasteiger partial charge in [-0.3, -0.25) is 19.4 Å². The van der Waals surface area contributed by atoms with Gasteiger partial charge in [0.25, 0.3) is 11.8 Å². The lowest BCUT2D eigenvalue weighted by Crippen LogP contribution is -2.39. The summed E-state index contributed by atoms with van der Waals surface area (Å²) >= 11 is 0. The molecule has 0 radical (unpaired) electrons. The average molecular weight is 290 g/mol. The Morgan fingerprint density at radius 2 is 1.67 bits per heavy atom. The summed E-state index contributed by atoms with van der Waals surface area (Å²) in [5, 5.41) is 9.08. The fourth-order valence-electron chi connectivity index (χ4n) is 2.54. The van der Waals surface area contributed by atoms with Crippen molar-refractivity contribution < 1.29 is 14.7 Å².